The molecule has 0 saturated carbocycles. The smallest absolute Gasteiger partial charge is 0.165 e. The van der Waals surface area contributed by atoms with E-state index in [1.54, 1.807) is 6.07 Å². The van der Waals surface area contributed by atoms with Gasteiger partial charge in [-0.15, -0.1) is 0 Å². The Kier molecular flexibility index (Phi) is 4.28. The van der Waals surface area contributed by atoms with Crippen LogP contribution in [0.2, 0.25) is 5.15 Å². The number of halogens is 1. The molecule has 0 radical (unpaired) electrons. The molecule has 82 valence electrons. The van der Waals surface area contributed by atoms with Crippen LogP contribution in [0.4, 0.5) is 0 Å². The maximum absolute atomic E-state index is 11.4. The fourth-order valence-corrected chi connectivity index (χ4v) is 1.68. The summed E-state index contributed by atoms with van der Waals surface area (Å²) >= 11 is 5.95. The quantitative estimate of drug-likeness (QED) is 0.580. The molecule has 0 spiro atoms. The van der Waals surface area contributed by atoms with E-state index in [0.29, 0.717) is 23.1 Å². The van der Waals surface area contributed by atoms with Crippen LogP contribution < -0.4 is 0 Å². The zero-order valence-electron chi connectivity index (χ0n) is 9.38. The Labute approximate surface area is 95.7 Å². The monoisotopic (exact) mass is 225 g/mol. The molecule has 0 fully saturated rings. The van der Waals surface area contributed by atoms with Gasteiger partial charge >= 0.3 is 0 Å². The molecule has 0 bridgehead atoms. The SMILES string of the molecule is CCC(=O)c1ccc(CC(C)C)nc1Cl. The third-order valence-electron chi connectivity index (χ3n) is 2.15. The minimum Gasteiger partial charge on any atom is -0.294 e. The highest BCUT2D eigenvalue weighted by atomic mass is 35.5. The van der Waals surface area contributed by atoms with Crippen molar-refractivity contribution in [2.75, 3.05) is 0 Å². The van der Waals surface area contributed by atoms with Crippen molar-refractivity contribution in [3.05, 3.63) is 28.5 Å². The molecule has 0 aliphatic heterocycles. The van der Waals surface area contributed by atoms with Crippen LogP contribution in [0.3, 0.4) is 0 Å². The standard InChI is InChI=1S/C12H16ClNO/c1-4-11(15)10-6-5-9(7-8(2)3)14-12(10)13/h5-6,8H,4,7H2,1-3H3. The third-order valence-corrected chi connectivity index (χ3v) is 2.43. The molecule has 1 aromatic heterocycles. The number of hydrogen-bond acceptors (Lipinski definition) is 2. The number of nitrogens with zero attached hydrogens (tertiary/aromatic N) is 1. The van der Waals surface area contributed by atoms with E-state index in [1.165, 1.54) is 0 Å². The van der Waals surface area contributed by atoms with Crippen molar-refractivity contribution in [1.29, 1.82) is 0 Å². The fraction of sp³-hybridized carbons (Fsp3) is 0.500. The van der Waals surface area contributed by atoms with Gasteiger partial charge in [-0.2, -0.15) is 0 Å². The van der Waals surface area contributed by atoms with E-state index in [2.05, 4.69) is 18.8 Å². The predicted molar refractivity (Wildman–Crippen MR) is 62.4 cm³/mol. The number of hydrogen-bond donors (Lipinski definition) is 0. The molecule has 0 atom stereocenters. The molecule has 0 amide bonds. The first kappa shape index (κ1) is 12.2. The average molecular weight is 226 g/mol. The van der Waals surface area contributed by atoms with Crippen LogP contribution in [0.25, 0.3) is 0 Å². The molecule has 0 aromatic carbocycles. The number of carbonyl (C=O) groups is 1. The first-order valence-corrected chi connectivity index (χ1v) is 5.61. The van der Waals surface area contributed by atoms with Crippen LogP contribution in [0.1, 0.15) is 43.2 Å². The lowest BCUT2D eigenvalue weighted by Gasteiger charge is -2.06. The number of rotatable bonds is 4. The number of Topliss-reactive ketones (excluding diaryl/α,β-unsaturated/α-hetero) is 1. The summed E-state index contributed by atoms with van der Waals surface area (Å²) in [7, 11) is 0. The van der Waals surface area contributed by atoms with Crippen molar-refractivity contribution >= 4 is 17.4 Å². The molecule has 3 heteroatoms. The van der Waals surface area contributed by atoms with Gasteiger partial charge in [-0.3, -0.25) is 4.79 Å². The summed E-state index contributed by atoms with van der Waals surface area (Å²) in [5.74, 6) is 0.588. The van der Waals surface area contributed by atoms with E-state index >= 15 is 0 Å². The number of ketones is 1. The van der Waals surface area contributed by atoms with Gasteiger partial charge in [-0.1, -0.05) is 32.4 Å². The molecular formula is C12H16ClNO. The maximum atomic E-state index is 11.4. The Morgan fingerprint density at radius 2 is 2.13 bits per heavy atom. The zero-order valence-corrected chi connectivity index (χ0v) is 10.1. The highest BCUT2D eigenvalue weighted by Crippen LogP contribution is 2.17. The second kappa shape index (κ2) is 5.26. The van der Waals surface area contributed by atoms with Crippen LogP contribution in [-0.2, 0) is 6.42 Å². The maximum Gasteiger partial charge on any atom is 0.165 e. The van der Waals surface area contributed by atoms with Crippen molar-refractivity contribution in [2.45, 2.75) is 33.6 Å². The molecule has 0 unspecified atom stereocenters. The normalized spacial score (nSPS) is 10.7. The van der Waals surface area contributed by atoms with Crippen LogP contribution >= 0.6 is 11.6 Å². The Morgan fingerprint density at radius 3 is 2.60 bits per heavy atom. The largest absolute Gasteiger partial charge is 0.294 e. The summed E-state index contributed by atoms with van der Waals surface area (Å²) in [6, 6.07) is 3.66. The molecule has 0 saturated heterocycles. The van der Waals surface area contributed by atoms with Crippen molar-refractivity contribution in [1.82, 2.24) is 4.98 Å². The Bertz CT molecular complexity index is 361. The minimum absolute atomic E-state index is 0.0450. The topological polar surface area (TPSA) is 30.0 Å². The molecule has 0 N–H and O–H groups in total. The van der Waals surface area contributed by atoms with Crippen LogP contribution in [-0.4, -0.2) is 10.8 Å². The fourth-order valence-electron chi connectivity index (χ4n) is 1.40. The van der Waals surface area contributed by atoms with Crippen molar-refractivity contribution in [2.24, 2.45) is 5.92 Å². The Hall–Kier alpha value is -0.890. The number of pyridine rings is 1. The van der Waals surface area contributed by atoms with Gasteiger partial charge in [0.2, 0.25) is 0 Å². The molecule has 0 aliphatic carbocycles. The van der Waals surface area contributed by atoms with E-state index in [9.17, 15) is 4.79 Å². The van der Waals surface area contributed by atoms with Crippen LogP contribution in [0, 0.1) is 5.92 Å². The highest BCUT2D eigenvalue weighted by Gasteiger charge is 2.10. The van der Waals surface area contributed by atoms with Gasteiger partial charge in [0.1, 0.15) is 5.15 Å². The lowest BCUT2D eigenvalue weighted by atomic mass is 10.1. The van der Waals surface area contributed by atoms with Crippen LogP contribution in [0.15, 0.2) is 12.1 Å². The van der Waals surface area contributed by atoms with E-state index < -0.39 is 0 Å². The Balaban J connectivity index is 2.93. The molecular weight excluding hydrogens is 210 g/mol. The van der Waals surface area contributed by atoms with Gasteiger partial charge in [0.05, 0.1) is 5.56 Å². The Morgan fingerprint density at radius 1 is 1.47 bits per heavy atom. The first-order chi connectivity index (χ1) is 7.04. The van der Waals surface area contributed by atoms with Gasteiger partial charge in [0, 0.05) is 12.1 Å². The number of carbonyl (C=O) groups excluding carboxylic acids is 1. The van der Waals surface area contributed by atoms with Crippen molar-refractivity contribution in [3.8, 4) is 0 Å². The summed E-state index contributed by atoms with van der Waals surface area (Å²) < 4.78 is 0. The second-order valence-electron chi connectivity index (χ2n) is 4.02. The van der Waals surface area contributed by atoms with Gasteiger partial charge in [0.15, 0.2) is 5.78 Å². The summed E-state index contributed by atoms with van der Waals surface area (Å²) in [4.78, 5) is 15.7. The molecule has 1 heterocycles. The van der Waals surface area contributed by atoms with Gasteiger partial charge < -0.3 is 0 Å². The molecule has 1 rings (SSSR count). The summed E-state index contributed by atoms with van der Waals surface area (Å²) in [5, 5.41) is 0.333. The molecule has 15 heavy (non-hydrogen) atoms. The van der Waals surface area contributed by atoms with Crippen LogP contribution in [0.5, 0.6) is 0 Å². The van der Waals surface area contributed by atoms with Gasteiger partial charge in [0.25, 0.3) is 0 Å². The van der Waals surface area contributed by atoms with Crippen molar-refractivity contribution < 1.29 is 4.79 Å². The van der Waals surface area contributed by atoms with E-state index in [4.69, 9.17) is 11.6 Å². The lowest BCUT2D eigenvalue weighted by molar-refractivity contribution is 0.0988. The number of aromatic nitrogens is 1. The van der Waals surface area contributed by atoms with Gasteiger partial charge in [-0.25, -0.2) is 4.98 Å². The minimum atomic E-state index is 0.0450. The molecule has 1 aromatic rings. The van der Waals surface area contributed by atoms with E-state index in [-0.39, 0.29) is 5.78 Å². The average Bonchev–Trinajstić information content (AvgIpc) is 2.16. The predicted octanol–water partition coefficient (Wildman–Crippen LogP) is 3.53. The zero-order chi connectivity index (χ0) is 11.4. The van der Waals surface area contributed by atoms with E-state index in [1.807, 2.05) is 13.0 Å². The summed E-state index contributed by atoms with van der Waals surface area (Å²) in [6.07, 6.45) is 1.35. The lowest BCUT2D eigenvalue weighted by Crippen LogP contribution is -2.03. The summed E-state index contributed by atoms with van der Waals surface area (Å²) in [6.45, 7) is 6.07. The first-order valence-electron chi connectivity index (χ1n) is 5.23. The second-order valence-corrected chi connectivity index (χ2v) is 4.37. The molecule has 2 nitrogen and oxygen atoms in total. The summed E-state index contributed by atoms with van der Waals surface area (Å²) in [5.41, 5.74) is 1.48. The highest BCUT2D eigenvalue weighted by molar-refractivity contribution is 6.32. The molecule has 0 aliphatic rings. The van der Waals surface area contributed by atoms with E-state index in [0.717, 1.165) is 12.1 Å². The third kappa shape index (κ3) is 3.31. The van der Waals surface area contributed by atoms with Crippen molar-refractivity contribution in [3.63, 3.8) is 0 Å². The van der Waals surface area contributed by atoms with Gasteiger partial charge in [-0.05, 0) is 24.5 Å².